The number of aromatic nitrogens is 2. The smallest absolute Gasteiger partial charge is 0.286 e. The van der Waals surface area contributed by atoms with Gasteiger partial charge in [0, 0.05) is 37.4 Å². The van der Waals surface area contributed by atoms with Gasteiger partial charge >= 0.3 is 0 Å². The first-order valence-electron chi connectivity index (χ1n) is 10.8. The summed E-state index contributed by atoms with van der Waals surface area (Å²) in [7, 11) is 0. The van der Waals surface area contributed by atoms with Gasteiger partial charge in [-0.15, -0.1) is 10.2 Å². The normalized spacial score (nSPS) is 13.9. The van der Waals surface area contributed by atoms with Crippen molar-refractivity contribution in [2.24, 2.45) is 0 Å². The number of hydrogen-bond donors (Lipinski definition) is 2. The molecule has 9 nitrogen and oxygen atoms in total. The van der Waals surface area contributed by atoms with Crippen LogP contribution >= 0.6 is 11.3 Å². The molecular weight excluding hydrogens is 461 g/mol. The lowest BCUT2D eigenvalue weighted by Crippen LogP contribution is -2.41. The fraction of sp³-hybridized carbons (Fsp3) is 0.304. The van der Waals surface area contributed by atoms with Gasteiger partial charge in [-0.05, 0) is 42.5 Å². The summed E-state index contributed by atoms with van der Waals surface area (Å²) in [5.74, 6) is -0.504. The van der Waals surface area contributed by atoms with E-state index in [0.717, 1.165) is 31.0 Å². The van der Waals surface area contributed by atoms with Crippen LogP contribution in [0.3, 0.4) is 0 Å². The molecule has 2 N–H and O–H groups in total. The van der Waals surface area contributed by atoms with Gasteiger partial charge in [-0.3, -0.25) is 14.5 Å². The quantitative estimate of drug-likeness (QED) is 0.480. The summed E-state index contributed by atoms with van der Waals surface area (Å²) < 4.78 is 23.8. The maximum atomic E-state index is 13.0. The van der Waals surface area contributed by atoms with Crippen LogP contribution in [-0.2, 0) is 11.3 Å². The highest BCUT2D eigenvalue weighted by atomic mass is 32.1. The number of carbonyl (C=O) groups is 2. The van der Waals surface area contributed by atoms with E-state index in [9.17, 15) is 14.0 Å². The Bertz CT molecular complexity index is 1120. The van der Waals surface area contributed by atoms with Crippen LogP contribution in [0.15, 0.2) is 48.5 Å². The molecule has 2 aromatic carbocycles. The minimum Gasteiger partial charge on any atom is -0.486 e. The number of hydrogen-bond acceptors (Lipinski definition) is 8. The van der Waals surface area contributed by atoms with Gasteiger partial charge in [-0.2, -0.15) is 0 Å². The zero-order chi connectivity index (χ0) is 23.8. The number of nitrogens with zero attached hydrogens (tertiary/aromatic N) is 3. The highest BCUT2D eigenvalue weighted by Crippen LogP contribution is 2.18. The standard InChI is InChI=1S/C23H24FN5O4S/c24-17-4-6-19(7-5-17)33-15-20-27-28-23(34-20)22(31)26-18-3-1-2-16(14-18)21(30)25-8-9-29-10-12-32-13-11-29/h1-7,14H,8-13,15H2,(H,25,30)(H,26,31). The monoisotopic (exact) mass is 485 g/mol. The number of halogens is 1. The average Bonchev–Trinajstić information content (AvgIpc) is 3.34. The number of benzene rings is 2. The van der Waals surface area contributed by atoms with Crippen LogP contribution < -0.4 is 15.4 Å². The Balaban J connectivity index is 1.27. The molecule has 0 atom stereocenters. The predicted octanol–water partition coefficient (Wildman–Crippen LogP) is 2.57. The lowest BCUT2D eigenvalue weighted by Gasteiger charge is -2.26. The van der Waals surface area contributed by atoms with Gasteiger partial charge in [0.1, 0.15) is 18.2 Å². The van der Waals surface area contributed by atoms with E-state index in [1.54, 1.807) is 24.3 Å². The van der Waals surface area contributed by atoms with Gasteiger partial charge in [0.15, 0.2) is 5.01 Å². The highest BCUT2D eigenvalue weighted by molar-refractivity contribution is 7.13. The molecule has 1 aliphatic heterocycles. The molecule has 1 aliphatic rings. The Morgan fingerprint density at radius 3 is 2.68 bits per heavy atom. The Labute approximate surface area is 199 Å². The van der Waals surface area contributed by atoms with Crippen LogP contribution in [0.5, 0.6) is 5.75 Å². The molecule has 0 bridgehead atoms. The summed E-state index contributed by atoms with van der Waals surface area (Å²) in [4.78, 5) is 27.3. The van der Waals surface area contributed by atoms with Crippen molar-refractivity contribution in [2.75, 3.05) is 44.7 Å². The lowest BCUT2D eigenvalue weighted by atomic mass is 10.2. The van der Waals surface area contributed by atoms with Crippen molar-refractivity contribution in [1.29, 1.82) is 0 Å². The van der Waals surface area contributed by atoms with Gasteiger partial charge in [0.25, 0.3) is 11.8 Å². The van der Waals surface area contributed by atoms with Crippen molar-refractivity contribution >= 4 is 28.8 Å². The fourth-order valence-electron chi connectivity index (χ4n) is 3.26. The summed E-state index contributed by atoms with van der Waals surface area (Å²) in [5, 5.41) is 14.2. The van der Waals surface area contributed by atoms with E-state index >= 15 is 0 Å². The molecule has 11 heteroatoms. The van der Waals surface area contributed by atoms with Crippen LogP contribution in [0, 0.1) is 5.82 Å². The molecule has 2 amide bonds. The Kier molecular flexibility index (Phi) is 8.12. The number of rotatable bonds is 9. The molecule has 0 unspecified atom stereocenters. The molecule has 0 saturated carbocycles. The number of morpholine rings is 1. The minimum atomic E-state index is -0.435. The van der Waals surface area contributed by atoms with Gasteiger partial charge in [-0.1, -0.05) is 17.4 Å². The van der Waals surface area contributed by atoms with Crippen molar-refractivity contribution in [1.82, 2.24) is 20.4 Å². The second-order valence-corrected chi connectivity index (χ2v) is 8.55. The van der Waals surface area contributed by atoms with Gasteiger partial charge < -0.3 is 20.1 Å². The first-order chi connectivity index (χ1) is 16.6. The van der Waals surface area contributed by atoms with E-state index in [0.29, 0.717) is 41.8 Å². The predicted molar refractivity (Wildman–Crippen MR) is 125 cm³/mol. The third kappa shape index (κ3) is 6.80. The Hall–Kier alpha value is -3.41. The molecule has 1 saturated heterocycles. The van der Waals surface area contributed by atoms with Gasteiger partial charge in [0.2, 0.25) is 5.01 Å². The van der Waals surface area contributed by atoms with E-state index in [1.807, 2.05) is 0 Å². The molecule has 1 aromatic heterocycles. The van der Waals surface area contributed by atoms with Crippen LogP contribution in [0.2, 0.25) is 0 Å². The van der Waals surface area contributed by atoms with Crippen LogP contribution in [0.4, 0.5) is 10.1 Å². The van der Waals surface area contributed by atoms with E-state index in [4.69, 9.17) is 9.47 Å². The second kappa shape index (κ2) is 11.6. The maximum absolute atomic E-state index is 13.0. The van der Waals surface area contributed by atoms with Crippen molar-refractivity contribution in [3.8, 4) is 5.75 Å². The molecule has 3 aromatic rings. The van der Waals surface area contributed by atoms with Crippen LogP contribution in [0.25, 0.3) is 0 Å². The van der Waals surface area contributed by atoms with E-state index in [-0.39, 0.29) is 23.3 Å². The van der Waals surface area contributed by atoms with Crippen LogP contribution in [0.1, 0.15) is 25.2 Å². The first-order valence-corrected chi connectivity index (χ1v) is 11.6. The molecule has 1 fully saturated rings. The Morgan fingerprint density at radius 1 is 1.09 bits per heavy atom. The molecule has 178 valence electrons. The van der Waals surface area contributed by atoms with E-state index in [2.05, 4.69) is 25.7 Å². The largest absolute Gasteiger partial charge is 0.486 e. The molecule has 34 heavy (non-hydrogen) atoms. The number of amides is 2. The summed E-state index contributed by atoms with van der Waals surface area (Å²) in [6.07, 6.45) is 0. The average molecular weight is 486 g/mol. The number of nitrogens with one attached hydrogen (secondary N) is 2. The molecule has 0 radical (unpaired) electrons. The van der Waals surface area contributed by atoms with Gasteiger partial charge in [0.05, 0.1) is 13.2 Å². The minimum absolute atomic E-state index is 0.108. The number of carbonyl (C=O) groups excluding carboxylic acids is 2. The summed E-state index contributed by atoms with van der Waals surface area (Å²) in [6, 6.07) is 12.3. The maximum Gasteiger partial charge on any atom is 0.286 e. The van der Waals surface area contributed by atoms with Crippen LogP contribution in [-0.4, -0.2) is 66.3 Å². The topological polar surface area (TPSA) is 106 Å². The third-order valence-corrected chi connectivity index (χ3v) is 5.93. The van der Waals surface area contributed by atoms with Crippen molar-refractivity contribution in [3.63, 3.8) is 0 Å². The molecule has 0 aliphatic carbocycles. The fourth-order valence-corrected chi connectivity index (χ4v) is 3.90. The van der Waals surface area contributed by atoms with Gasteiger partial charge in [-0.25, -0.2) is 4.39 Å². The highest BCUT2D eigenvalue weighted by Gasteiger charge is 2.15. The summed E-state index contributed by atoms with van der Waals surface area (Å²) in [5.41, 5.74) is 0.926. The number of anilines is 1. The molecule has 0 spiro atoms. The van der Waals surface area contributed by atoms with E-state index in [1.165, 1.54) is 24.3 Å². The van der Waals surface area contributed by atoms with E-state index < -0.39 is 5.91 Å². The Morgan fingerprint density at radius 2 is 1.88 bits per heavy atom. The first kappa shape index (κ1) is 23.7. The zero-order valence-corrected chi connectivity index (χ0v) is 19.1. The lowest BCUT2D eigenvalue weighted by molar-refractivity contribution is 0.0383. The molecule has 2 heterocycles. The van der Waals surface area contributed by atoms with Crippen molar-refractivity contribution < 1.29 is 23.5 Å². The molecule has 4 rings (SSSR count). The summed E-state index contributed by atoms with van der Waals surface area (Å²) in [6.45, 7) is 4.56. The van der Waals surface area contributed by atoms with Crippen molar-refractivity contribution in [3.05, 3.63) is 69.9 Å². The second-order valence-electron chi connectivity index (χ2n) is 7.49. The van der Waals surface area contributed by atoms with Crippen molar-refractivity contribution in [2.45, 2.75) is 6.61 Å². The SMILES string of the molecule is O=C(NCCN1CCOCC1)c1cccc(NC(=O)c2nnc(COc3ccc(F)cc3)s2)c1. The molecular formula is C23H24FN5O4S. The zero-order valence-electron chi connectivity index (χ0n) is 18.3. The summed E-state index contributed by atoms with van der Waals surface area (Å²) >= 11 is 1.09. The third-order valence-electron chi connectivity index (χ3n) is 5.04. The number of ether oxygens (including phenoxy) is 2.